The highest BCUT2D eigenvalue weighted by Gasteiger charge is 2.22. The van der Waals surface area contributed by atoms with Crippen LogP contribution < -0.4 is 11.3 Å². The Morgan fingerprint density at radius 3 is 3.11 bits per heavy atom. The number of aromatic nitrogens is 2. The molecule has 2 heterocycles. The number of nitrogens with two attached hydrogens (primary N) is 1. The Hall–Kier alpha value is -1.40. The van der Waals surface area contributed by atoms with Crippen LogP contribution in [0.25, 0.3) is 0 Å². The summed E-state index contributed by atoms with van der Waals surface area (Å²) < 4.78 is 0. The maximum atomic E-state index is 11.3. The van der Waals surface area contributed by atoms with Crippen LogP contribution in [0.4, 0.5) is 5.82 Å². The van der Waals surface area contributed by atoms with Crippen LogP contribution in [0.1, 0.15) is 5.56 Å². The molecule has 3 N–H and O–H groups in total. The number of nitrogens with one attached hydrogen (secondary N) is 1. The van der Waals surface area contributed by atoms with E-state index >= 15 is 0 Å². The van der Waals surface area contributed by atoms with Crippen molar-refractivity contribution < 1.29 is 0 Å². The molecule has 1 atom stereocenters. The van der Waals surface area contributed by atoms with Crippen LogP contribution >= 0.6 is 23.5 Å². The van der Waals surface area contributed by atoms with Crippen LogP contribution in [0.3, 0.4) is 0 Å². The van der Waals surface area contributed by atoms with Gasteiger partial charge in [0.05, 0.1) is 0 Å². The zero-order valence-electron chi connectivity index (χ0n) is 10.1. The SMILES string of the molecule is Nc1cc(=O)[nH]c(SCC2Cc3ccccc3S2)n1. The number of hydrogen-bond acceptors (Lipinski definition) is 5. The van der Waals surface area contributed by atoms with Gasteiger partial charge in [-0.1, -0.05) is 30.0 Å². The van der Waals surface area contributed by atoms with E-state index < -0.39 is 0 Å². The van der Waals surface area contributed by atoms with Crippen molar-refractivity contribution in [3.63, 3.8) is 0 Å². The Morgan fingerprint density at radius 1 is 1.47 bits per heavy atom. The minimum atomic E-state index is -0.197. The summed E-state index contributed by atoms with van der Waals surface area (Å²) in [7, 11) is 0. The molecular weight excluding hydrogens is 278 g/mol. The van der Waals surface area contributed by atoms with Crippen molar-refractivity contribution in [1.29, 1.82) is 0 Å². The number of fused-ring (bicyclic) bond motifs is 1. The Kier molecular flexibility index (Phi) is 3.52. The van der Waals surface area contributed by atoms with E-state index in [-0.39, 0.29) is 11.4 Å². The van der Waals surface area contributed by atoms with Crippen molar-refractivity contribution in [3.05, 3.63) is 46.2 Å². The van der Waals surface area contributed by atoms with Gasteiger partial charge in [0, 0.05) is 22.0 Å². The zero-order chi connectivity index (χ0) is 13.2. The van der Waals surface area contributed by atoms with Gasteiger partial charge in [-0.2, -0.15) is 0 Å². The van der Waals surface area contributed by atoms with Gasteiger partial charge in [-0.25, -0.2) is 4.98 Å². The first kappa shape index (κ1) is 12.6. The van der Waals surface area contributed by atoms with E-state index in [0.717, 1.165) is 12.2 Å². The van der Waals surface area contributed by atoms with Crippen molar-refractivity contribution in [1.82, 2.24) is 9.97 Å². The van der Waals surface area contributed by atoms with Crippen molar-refractivity contribution >= 4 is 29.3 Å². The summed E-state index contributed by atoms with van der Waals surface area (Å²) >= 11 is 3.44. The largest absolute Gasteiger partial charge is 0.383 e. The molecule has 0 spiro atoms. The summed E-state index contributed by atoms with van der Waals surface area (Å²) in [5.74, 6) is 1.18. The number of thioether (sulfide) groups is 2. The molecule has 0 saturated carbocycles. The van der Waals surface area contributed by atoms with Crippen molar-refractivity contribution in [2.75, 3.05) is 11.5 Å². The molecule has 4 nitrogen and oxygen atoms in total. The number of rotatable bonds is 3. The number of anilines is 1. The average Bonchev–Trinajstić information content (AvgIpc) is 2.78. The molecule has 19 heavy (non-hydrogen) atoms. The van der Waals surface area contributed by atoms with Gasteiger partial charge in [0.25, 0.3) is 5.56 Å². The highest BCUT2D eigenvalue weighted by Crippen LogP contribution is 2.38. The van der Waals surface area contributed by atoms with Crippen LogP contribution in [0.15, 0.2) is 45.2 Å². The molecule has 0 aliphatic carbocycles. The molecule has 0 amide bonds. The molecule has 6 heteroatoms. The fourth-order valence-corrected chi connectivity index (χ4v) is 4.40. The molecule has 1 aliphatic rings. The first-order valence-electron chi connectivity index (χ1n) is 5.95. The summed E-state index contributed by atoms with van der Waals surface area (Å²) in [6, 6.07) is 9.77. The lowest BCUT2D eigenvalue weighted by molar-refractivity contribution is 0.929. The lowest BCUT2D eigenvalue weighted by atomic mass is 10.1. The normalized spacial score (nSPS) is 17.4. The van der Waals surface area contributed by atoms with Crippen LogP contribution in [-0.4, -0.2) is 21.0 Å². The maximum absolute atomic E-state index is 11.3. The predicted molar refractivity (Wildman–Crippen MR) is 79.8 cm³/mol. The molecular formula is C13H13N3OS2. The average molecular weight is 291 g/mol. The van der Waals surface area contributed by atoms with E-state index in [4.69, 9.17) is 5.73 Å². The standard InChI is InChI=1S/C13H13N3OS2/c14-11-6-12(17)16-13(15-11)18-7-9-5-8-3-1-2-4-10(8)19-9/h1-4,6,9H,5,7H2,(H3,14,15,16,17). The molecule has 3 rings (SSSR count). The van der Waals surface area contributed by atoms with Gasteiger partial charge in [-0.05, 0) is 18.1 Å². The summed E-state index contributed by atoms with van der Waals surface area (Å²) in [4.78, 5) is 19.5. The number of nitrogen functional groups attached to an aromatic ring is 1. The topological polar surface area (TPSA) is 71.8 Å². The van der Waals surface area contributed by atoms with Gasteiger partial charge in [0.15, 0.2) is 5.16 Å². The maximum Gasteiger partial charge on any atom is 0.253 e. The molecule has 0 bridgehead atoms. The zero-order valence-corrected chi connectivity index (χ0v) is 11.8. The quantitative estimate of drug-likeness (QED) is 0.670. The first-order valence-corrected chi connectivity index (χ1v) is 7.81. The third-order valence-corrected chi connectivity index (χ3v) is 5.43. The molecule has 2 aromatic rings. The lowest BCUT2D eigenvalue weighted by Crippen LogP contribution is -2.11. The second-order valence-electron chi connectivity index (χ2n) is 4.34. The second-order valence-corrected chi connectivity index (χ2v) is 6.69. The summed E-state index contributed by atoms with van der Waals surface area (Å²) in [6.07, 6.45) is 1.07. The number of H-pyrrole nitrogens is 1. The third-order valence-electron chi connectivity index (χ3n) is 2.86. The molecule has 0 radical (unpaired) electrons. The number of nitrogens with zero attached hydrogens (tertiary/aromatic N) is 1. The van der Waals surface area contributed by atoms with Crippen LogP contribution in [0, 0.1) is 0 Å². The van der Waals surface area contributed by atoms with E-state index in [1.54, 1.807) is 11.8 Å². The minimum absolute atomic E-state index is 0.197. The summed E-state index contributed by atoms with van der Waals surface area (Å²) in [5.41, 5.74) is 6.77. The highest BCUT2D eigenvalue weighted by atomic mass is 32.2. The number of benzene rings is 1. The van der Waals surface area contributed by atoms with Crippen molar-refractivity contribution in [3.8, 4) is 0 Å². The molecule has 0 fully saturated rings. The van der Waals surface area contributed by atoms with Gasteiger partial charge in [-0.15, -0.1) is 11.8 Å². The molecule has 1 aromatic carbocycles. The number of hydrogen-bond donors (Lipinski definition) is 2. The van der Waals surface area contributed by atoms with Crippen LogP contribution in [-0.2, 0) is 6.42 Å². The predicted octanol–water partition coefficient (Wildman–Crippen LogP) is 2.16. The highest BCUT2D eigenvalue weighted by molar-refractivity contribution is 8.03. The Bertz CT molecular complexity index is 631. The lowest BCUT2D eigenvalue weighted by Gasteiger charge is -2.07. The van der Waals surface area contributed by atoms with Gasteiger partial charge < -0.3 is 10.7 Å². The van der Waals surface area contributed by atoms with Crippen LogP contribution in [0.5, 0.6) is 0 Å². The Labute approximate surface area is 119 Å². The van der Waals surface area contributed by atoms with Gasteiger partial charge >= 0.3 is 0 Å². The molecule has 1 unspecified atom stereocenters. The van der Waals surface area contributed by atoms with Crippen molar-refractivity contribution in [2.24, 2.45) is 0 Å². The fourth-order valence-electron chi connectivity index (χ4n) is 2.04. The van der Waals surface area contributed by atoms with E-state index in [0.29, 0.717) is 10.4 Å². The molecule has 0 saturated heterocycles. The summed E-state index contributed by atoms with van der Waals surface area (Å²) in [5, 5.41) is 1.12. The minimum Gasteiger partial charge on any atom is -0.383 e. The van der Waals surface area contributed by atoms with E-state index in [9.17, 15) is 4.79 Å². The summed E-state index contributed by atoms with van der Waals surface area (Å²) in [6.45, 7) is 0. The van der Waals surface area contributed by atoms with Crippen LogP contribution in [0.2, 0.25) is 0 Å². The first-order chi connectivity index (χ1) is 9.20. The van der Waals surface area contributed by atoms with Crippen molar-refractivity contribution in [2.45, 2.75) is 21.7 Å². The third kappa shape index (κ3) is 2.96. The monoisotopic (exact) mass is 291 g/mol. The van der Waals surface area contributed by atoms with Gasteiger partial charge in [0.2, 0.25) is 0 Å². The Balaban J connectivity index is 1.64. The van der Waals surface area contributed by atoms with E-state index in [2.05, 4.69) is 34.2 Å². The van der Waals surface area contributed by atoms with Gasteiger partial charge in [0.1, 0.15) is 5.82 Å². The smallest absolute Gasteiger partial charge is 0.253 e. The molecule has 1 aromatic heterocycles. The Morgan fingerprint density at radius 2 is 2.32 bits per heavy atom. The van der Waals surface area contributed by atoms with E-state index in [1.807, 2.05) is 11.8 Å². The fraction of sp³-hybridized carbons (Fsp3) is 0.231. The number of aromatic amines is 1. The molecule has 1 aliphatic heterocycles. The molecule has 98 valence electrons. The van der Waals surface area contributed by atoms with Gasteiger partial charge in [-0.3, -0.25) is 4.79 Å². The second kappa shape index (κ2) is 5.30. The van der Waals surface area contributed by atoms with E-state index in [1.165, 1.54) is 16.5 Å².